The van der Waals surface area contributed by atoms with Crippen LogP contribution >= 0.6 is 11.8 Å². The van der Waals surface area contributed by atoms with Gasteiger partial charge in [0.2, 0.25) is 0 Å². The number of anilines is 1. The second kappa shape index (κ2) is 10.2. The SMILES string of the molecule is Cc1cc(-c2cnc3c(NCCC(F)(F)F)cc(Sc4ccc(F)c(F)c4)nn23)ccc1C(=O)NC1CC1. The Balaban J connectivity index is 1.51. The van der Waals surface area contributed by atoms with Gasteiger partial charge in [-0.15, -0.1) is 0 Å². The minimum absolute atomic E-state index is 0.144. The van der Waals surface area contributed by atoms with Gasteiger partial charge in [-0.2, -0.15) is 18.3 Å². The van der Waals surface area contributed by atoms with Crippen molar-refractivity contribution >= 4 is 29.0 Å². The van der Waals surface area contributed by atoms with E-state index in [-0.39, 0.29) is 18.5 Å². The van der Waals surface area contributed by atoms with Gasteiger partial charge in [-0.1, -0.05) is 17.8 Å². The topological polar surface area (TPSA) is 71.3 Å². The minimum Gasteiger partial charge on any atom is -0.382 e. The Morgan fingerprint density at radius 3 is 2.58 bits per heavy atom. The Kier molecular flexibility index (Phi) is 6.99. The lowest BCUT2D eigenvalue weighted by molar-refractivity contribution is -0.131. The molecular weight excluding hydrogens is 525 g/mol. The van der Waals surface area contributed by atoms with E-state index in [0.717, 1.165) is 42.3 Å². The second-order valence-corrected chi connectivity index (χ2v) is 10.1. The van der Waals surface area contributed by atoms with Crippen LogP contribution in [0.15, 0.2) is 58.6 Å². The van der Waals surface area contributed by atoms with Crippen molar-refractivity contribution < 1.29 is 26.7 Å². The van der Waals surface area contributed by atoms with Gasteiger partial charge in [0, 0.05) is 28.6 Å². The first-order valence-corrected chi connectivity index (χ1v) is 12.6. The lowest BCUT2D eigenvalue weighted by atomic mass is 10.0. The molecule has 1 aliphatic rings. The molecule has 2 aromatic heterocycles. The molecule has 198 valence electrons. The number of imidazole rings is 1. The Bertz CT molecular complexity index is 1520. The number of rotatable bonds is 8. The van der Waals surface area contributed by atoms with Crippen LogP contribution in [0, 0.1) is 18.6 Å². The molecule has 0 radical (unpaired) electrons. The van der Waals surface area contributed by atoms with Crippen LogP contribution in [-0.4, -0.2) is 39.3 Å². The third-order valence-corrected chi connectivity index (χ3v) is 6.86. The average molecular weight is 548 g/mol. The molecule has 2 N–H and O–H groups in total. The van der Waals surface area contributed by atoms with Crippen molar-refractivity contribution in [3.05, 3.63) is 71.4 Å². The number of alkyl halides is 3. The molecule has 5 rings (SSSR count). The average Bonchev–Trinajstić information content (AvgIpc) is 3.55. The van der Waals surface area contributed by atoms with E-state index in [9.17, 15) is 26.7 Å². The molecule has 0 saturated heterocycles. The number of nitrogens with one attached hydrogen (secondary N) is 2. The molecule has 6 nitrogen and oxygen atoms in total. The molecule has 38 heavy (non-hydrogen) atoms. The van der Waals surface area contributed by atoms with Gasteiger partial charge >= 0.3 is 6.18 Å². The summed E-state index contributed by atoms with van der Waals surface area (Å²) in [5, 5.41) is 10.6. The van der Waals surface area contributed by atoms with Crippen LogP contribution in [0.2, 0.25) is 0 Å². The highest BCUT2D eigenvalue weighted by Gasteiger charge is 2.27. The van der Waals surface area contributed by atoms with Crippen molar-refractivity contribution in [1.29, 1.82) is 0 Å². The standard InChI is InChI=1S/C26H22F5N5OS/c1-14-10-15(2-6-18(14)25(37)34-16-3-4-16)22-13-33-24-21(32-9-8-26(29,30)31)12-23(35-36(22)24)38-17-5-7-19(27)20(28)11-17/h2,5-7,10-13,16,32H,3-4,8-9H2,1H3,(H,34,37). The summed E-state index contributed by atoms with van der Waals surface area (Å²) >= 11 is 1.03. The van der Waals surface area contributed by atoms with E-state index < -0.39 is 24.2 Å². The number of carbonyl (C=O) groups excluding carboxylic acids is 1. The number of amides is 1. The van der Waals surface area contributed by atoms with E-state index in [1.807, 2.05) is 13.0 Å². The minimum atomic E-state index is -4.34. The first-order valence-electron chi connectivity index (χ1n) is 11.8. The number of hydrogen-bond donors (Lipinski definition) is 2. The van der Waals surface area contributed by atoms with Gasteiger partial charge < -0.3 is 10.6 Å². The van der Waals surface area contributed by atoms with Gasteiger partial charge in [0.05, 0.1) is 24.0 Å². The molecule has 12 heteroatoms. The predicted octanol–water partition coefficient (Wildman–Crippen LogP) is 6.39. The van der Waals surface area contributed by atoms with Crippen molar-refractivity contribution in [2.45, 2.75) is 48.3 Å². The molecule has 1 amide bonds. The summed E-state index contributed by atoms with van der Waals surface area (Å²) in [5.74, 6) is -2.16. The van der Waals surface area contributed by atoms with Crippen molar-refractivity contribution in [2.75, 3.05) is 11.9 Å². The third-order valence-electron chi connectivity index (χ3n) is 5.96. The molecule has 0 aliphatic heterocycles. The lowest BCUT2D eigenvalue weighted by Crippen LogP contribution is -2.26. The number of nitrogens with zero attached hydrogens (tertiary/aromatic N) is 3. The zero-order valence-electron chi connectivity index (χ0n) is 20.1. The van der Waals surface area contributed by atoms with Gasteiger partial charge in [0.25, 0.3) is 5.91 Å². The molecule has 4 aromatic rings. The quantitative estimate of drug-likeness (QED) is 0.250. The van der Waals surface area contributed by atoms with Crippen molar-refractivity contribution in [2.24, 2.45) is 0 Å². The highest BCUT2D eigenvalue weighted by molar-refractivity contribution is 7.99. The molecule has 1 aliphatic carbocycles. The number of hydrogen-bond acceptors (Lipinski definition) is 5. The van der Waals surface area contributed by atoms with Gasteiger partial charge in [-0.25, -0.2) is 18.3 Å². The summed E-state index contributed by atoms with van der Waals surface area (Å²) in [6, 6.07) is 10.4. The molecule has 1 saturated carbocycles. The molecular formula is C26H22F5N5OS. The number of carbonyl (C=O) groups is 1. The first kappa shape index (κ1) is 26.0. The molecule has 0 spiro atoms. The van der Waals surface area contributed by atoms with Crippen LogP contribution in [0.25, 0.3) is 16.9 Å². The fraction of sp³-hybridized carbons (Fsp3) is 0.269. The predicted molar refractivity (Wildman–Crippen MR) is 133 cm³/mol. The van der Waals surface area contributed by atoms with Crippen LogP contribution in [-0.2, 0) is 0 Å². The molecule has 2 aromatic carbocycles. The van der Waals surface area contributed by atoms with Crippen LogP contribution < -0.4 is 10.6 Å². The first-order chi connectivity index (χ1) is 18.1. The maximum absolute atomic E-state index is 13.8. The third kappa shape index (κ3) is 5.90. The number of fused-ring (bicyclic) bond motifs is 1. The maximum Gasteiger partial charge on any atom is 0.390 e. The molecule has 0 unspecified atom stereocenters. The van der Waals surface area contributed by atoms with Crippen LogP contribution in [0.1, 0.15) is 35.2 Å². The Hall–Kier alpha value is -3.67. The Morgan fingerprint density at radius 1 is 1.11 bits per heavy atom. The van der Waals surface area contributed by atoms with E-state index in [1.54, 1.807) is 18.3 Å². The van der Waals surface area contributed by atoms with Gasteiger partial charge in [0.1, 0.15) is 5.03 Å². The van der Waals surface area contributed by atoms with Gasteiger partial charge in [-0.3, -0.25) is 4.79 Å². The summed E-state index contributed by atoms with van der Waals surface area (Å²) in [6.45, 7) is 1.43. The van der Waals surface area contributed by atoms with E-state index in [0.29, 0.717) is 38.1 Å². The van der Waals surface area contributed by atoms with Crippen molar-refractivity contribution in [3.63, 3.8) is 0 Å². The molecule has 0 bridgehead atoms. The maximum atomic E-state index is 13.8. The molecule has 2 heterocycles. The normalized spacial score (nSPS) is 13.6. The summed E-state index contributed by atoms with van der Waals surface area (Å²) in [5.41, 5.74) is 3.13. The van der Waals surface area contributed by atoms with E-state index >= 15 is 0 Å². The van der Waals surface area contributed by atoms with E-state index in [1.165, 1.54) is 16.6 Å². The highest BCUT2D eigenvalue weighted by Crippen LogP contribution is 2.33. The summed E-state index contributed by atoms with van der Waals surface area (Å²) in [6.07, 6.45) is -1.90. The fourth-order valence-electron chi connectivity index (χ4n) is 3.89. The van der Waals surface area contributed by atoms with Crippen molar-refractivity contribution in [1.82, 2.24) is 19.9 Å². The van der Waals surface area contributed by atoms with Gasteiger partial charge in [0.15, 0.2) is 17.3 Å². The largest absolute Gasteiger partial charge is 0.390 e. The van der Waals surface area contributed by atoms with Crippen LogP contribution in [0.4, 0.5) is 27.6 Å². The summed E-state index contributed by atoms with van der Waals surface area (Å²) in [7, 11) is 0. The van der Waals surface area contributed by atoms with E-state index in [4.69, 9.17) is 0 Å². The molecule has 0 atom stereocenters. The van der Waals surface area contributed by atoms with Crippen LogP contribution in [0.3, 0.4) is 0 Å². The molecule has 1 fully saturated rings. The highest BCUT2D eigenvalue weighted by atomic mass is 32.2. The zero-order valence-corrected chi connectivity index (χ0v) is 20.9. The number of aromatic nitrogens is 3. The Morgan fingerprint density at radius 2 is 1.89 bits per heavy atom. The lowest BCUT2D eigenvalue weighted by Gasteiger charge is -2.13. The van der Waals surface area contributed by atoms with Gasteiger partial charge in [-0.05, 0) is 61.7 Å². The smallest absolute Gasteiger partial charge is 0.382 e. The summed E-state index contributed by atoms with van der Waals surface area (Å²) < 4.78 is 66.9. The number of aryl methyl sites for hydroxylation is 1. The summed E-state index contributed by atoms with van der Waals surface area (Å²) in [4.78, 5) is 17.3. The fourth-order valence-corrected chi connectivity index (χ4v) is 4.73. The second-order valence-electron chi connectivity index (χ2n) is 9.02. The van der Waals surface area contributed by atoms with Crippen LogP contribution in [0.5, 0.6) is 0 Å². The number of benzene rings is 2. The van der Waals surface area contributed by atoms with E-state index in [2.05, 4.69) is 20.7 Å². The monoisotopic (exact) mass is 547 g/mol. The van der Waals surface area contributed by atoms with Crippen molar-refractivity contribution in [3.8, 4) is 11.3 Å². The number of halogens is 5. The zero-order chi connectivity index (χ0) is 27.0. The Labute approximate surface area is 218 Å².